The first-order chi connectivity index (χ1) is 8.61. The summed E-state index contributed by atoms with van der Waals surface area (Å²) in [7, 11) is 1.79. The second kappa shape index (κ2) is 5.83. The number of rotatable bonds is 4. The molecule has 0 bridgehead atoms. The molecule has 2 rings (SSSR count). The number of benzene rings is 1. The van der Waals surface area contributed by atoms with Crippen molar-refractivity contribution in [2.75, 3.05) is 20.2 Å². The summed E-state index contributed by atoms with van der Waals surface area (Å²) < 4.78 is 5.45. The van der Waals surface area contributed by atoms with Gasteiger partial charge >= 0.3 is 0 Å². The van der Waals surface area contributed by atoms with Crippen LogP contribution in [0.2, 0.25) is 0 Å². The van der Waals surface area contributed by atoms with Gasteiger partial charge < -0.3 is 10.5 Å². The number of ether oxygens (including phenoxy) is 1. The average Bonchev–Trinajstić information content (AvgIpc) is 2.77. The molecule has 1 aromatic carbocycles. The summed E-state index contributed by atoms with van der Waals surface area (Å²) in [6.07, 6.45) is 1.46. The van der Waals surface area contributed by atoms with Crippen molar-refractivity contribution in [2.24, 2.45) is 5.73 Å². The maximum Gasteiger partial charge on any atom is 0.0710 e. The third kappa shape index (κ3) is 2.91. The van der Waals surface area contributed by atoms with Crippen molar-refractivity contribution < 1.29 is 4.74 Å². The molecule has 18 heavy (non-hydrogen) atoms. The number of hydrogen-bond donors (Lipinski definition) is 1. The highest BCUT2D eigenvalue weighted by Crippen LogP contribution is 2.28. The van der Waals surface area contributed by atoms with Gasteiger partial charge in [-0.15, -0.1) is 0 Å². The molecule has 3 heteroatoms. The van der Waals surface area contributed by atoms with Crippen molar-refractivity contribution in [1.82, 2.24) is 4.90 Å². The monoisotopic (exact) mass is 248 g/mol. The zero-order valence-electron chi connectivity index (χ0n) is 11.6. The number of nitrogens with two attached hydrogens (primary N) is 1. The van der Waals surface area contributed by atoms with Gasteiger partial charge in [0.1, 0.15) is 0 Å². The molecule has 1 aliphatic rings. The Morgan fingerprint density at radius 1 is 1.44 bits per heavy atom. The molecule has 0 aliphatic carbocycles. The molecular formula is C15H24N2O. The molecule has 1 aromatic rings. The van der Waals surface area contributed by atoms with Crippen molar-refractivity contribution in [3.8, 4) is 0 Å². The Kier molecular flexibility index (Phi) is 4.38. The Morgan fingerprint density at radius 3 is 2.78 bits per heavy atom. The minimum Gasteiger partial charge on any atom is -0.380 e. The lowest BCUT2D eigenvalue weighted by atomic mass is 9.98. The maximum atomic E-state index is 6.20. The maximum absolute atomic E-state index is 6.20. The molecule has 3 atom stereocenters. The fraction of sp³-hybridized carbons (Fsp3) is 0.600. The lowest BCUT2D eigenvalue weighted by molar-refractivity contribution is 0.0982. The van der Waals surface area contributed by atoms with E-state index in [-0.39, 0.29) is 6.04 Å². The number of nitrogens with zero attached hydrogens (tertiary/aromatic N) is 1. The van der Waals surface area contributed by atoms with Crippen LogP contribution < -0.4 is 5.73 Å². The molecule has 1 fully saturated rings. The van der Waals surface area contributed by atoms with Crippen LogP contribution in [0.1, 0.15) is 30.5 Å². The van der Waals surface area contributed by atoms with Gasteiger partial charge in [-0.3, -0.25) is 4.90 Å². The molecule has 0 spiro atoms. The van der Waals surface area contributed by atoms with Crippen LogP contribution in [0.4, 0.5) is 0 Å². The Bertz CT molecular complexity index is 392. The SMILES string of the molecule is COC1CCN(C(c2cccc(C)c2)C(C)N)C1. The molecule has 100 valence electrons. The standard InChI is InChI=1S/C15H24N2O/c1-11-5-4-6-13(9-11)15(12(2)16)17-8-7-14(10-17)18-3/h4-6,9,12,14-15H,7-8,10,16H2,1-3H3. The molecule has 3 nitrogen and oxygen atoms in total. The molecule has 1 aliphatic heterocycles. The topological polar surface area (TPSA) is 38.5 Å². The molecule has 0 aromatic heterocycles. The Morgan fingerprint density at radius 2 is 2.22 bits per heavy atom. The summed E-state index contributed by atoms with van der Waals surface area (Å²) in [4.78, 5) is 2.45. The summed E-state index contributed by atoms with van der Waals surface area (Å²) >= 11 is 0. The van der Waals surface area contributed by atoms with Crippen LogP contribution in [0.3, 0.4) is 0 Å². The van der Waals surface area contributed by atoms with Crippen molar-refractivity contribution in [2.45, 2.75) is 38.5 Å². The van der Waals surface area contributed by atoms with Crippen molar-refractivity contribution in [1.29, 1.82) is 0 Å². The Hall–Kier alpha value is -0.900. The highest BCUT2D eigenvalue weighted by atomic mass is 16.5. The molecule has 1 saturated heterocycles. The van der Waals surface area contributed by atoms with E-state index in [9.17, 15) is 0 Å². The highest BCUT2D eigenvalue weighted by Gasteiger charge is 2.31. The minimum absolute atomic E-state index is 0.127. The summed E-state index contributed by atoms with van der Waals surface area (Å²) in [6.45, 7) is 6.27. The average molecular weight is 248 g/mol. The predicted molar refractivity (Wildman–Crippen MR) is 74.6 cm³/mol. The third-order valence-electron chi connectivity index (χ3n) is 3.78. The first kappa shape index (κ1) is 13.5. The van der Waals surface area contributed by atoms with Crippen molar-refractivity contribution in [3.05, 3.63) is 35.4 Å². The summed E-state index contributed by atoms with van der Waals surface area (Å²) in [5, 5.41) is 0. The molecular weight excluding hydrogens is 224 g/mol. The predicted octanol–water partition coefficient (Wildman–Crippen LogP) is 2.10. The summed E-state index contributed by atoms with van der Waals surface area (Å²) in [6, 6.07) is 9.09. The van der Waals surface area contributed by atoms with Crippen LogP contribution in [0.15, 0.2) is 24.3 Å². The van der Waals surface area contributed by atoms with E-state index in [4.69, 9.17) is 10.5 Å². The Balaban J connectivity index is 2.19. The van der Waals surface area contributed by atoms with E-state index >= 15 is 0 Å². The largest absolute Gasteiger partial charge is 0.380 e. The third-order valence-corrected chi connectivity index (χ3v) is 3.78. The smallest absolute Gasteiger partial charge is 0.0710 e. The van der Waals surface area contributed by atoms with Crippen molar-refractivity contribution in [3.63, 3.8) is 0 Å². The van der Waals surface area contributed by atoms with Crippen molar-refractivity contribution >= 4 is 0 Å². The molecule has 3 unspecified atom stereocenters. The first-order valence-electron chi connectivity index (χ1n) is 6.71. The highest BCUT2D eigenvalue weighted by molar-refractivity contribution is 5.26. The second-order valence-corrected chi connectivity index (χ2v) is 5.36. The van der Waals surface area contributed by atoms with Gasteiger partial charge in [0.2, 0.25) is 0 Å². The van der Waals surface area contributed by atoms with Gasteiger partial charge in [0, 0.05) is 32.3 Å². The molecule has 1 heterocycles. The van der Waals surface area contributed by atoms with Gasteiger partial charge in [0.25, 0.3) is 0 Å². The van der Waals surface area contributed by atoms with Gasteiger partial charge in [0.15, 0.2) is 0 Å². The van der Waals surface area contributed by atoms with Gasteiger partial charge in [-0.05, 0) is 25.8 Å². The summed E-state index contributed by atoms with van der Waals surface area (Å²) in [5.41, 5.74) is 8.82. The zero-order chi connectivity index (χ0) is 13.1. The van der Waals surface area contributed by atoms with Crippen LogP contribution in [0.25, 0.3) is 0 Å². The van der Waals surface area contributed by atoms with E-state index in [1.54, 1.807) is 7.11 Å². The number of likely N-dealkylation sites (tertiary alicyclic amines) is 1. The van der Waals surface area contributed by atoms with Crippen LogP contribution in [-0.2, 0) is 4.74 Å². The van der Waals surface area contributed by atoms with E-state index in [1.807, 2.05) is 0 Å². The lowest BCUT2D eigenvalue weighted by Crippen LogP contribution is -2.38. The quantitative estimate of drug-likeness (QED) is 0.887. The fourth-order valence-corrected chi connectivity index (χ4v) is 2.90. The number of aryl methyl sites for hydroxylation is 1. The van der Waals surface area contributed by atoms with E-state index in [0.29, 0.717) is 12.1 Å². The van der Waals surface area contributed by atoms with Crippen LogP contribution in [-0.4, -0.2) is 37.2 Å². The van der Waals surface area contributed by atoms with Gasteiger partial charge in [-0.25, -0.2) is 0 Å². The van der Waals surface area contributed by atoms with Crippen LogP contribution >= 0.6 is 0 Å². The molecule has 0 saturated carbocycles. The Labute approximate surface area is 110 Å². The normalized spacial score (nSPS) is 24.1. The molecule has 0 radical (unpaired) electrons. The molecule has 2 N–H and O–H groups in total. The van der Waals surface area contributed by atoms with Gasteiger partial charge in [-0.1, -0.05) is 29.8 Å². The first-order valence-corrected chi connectivity index (χ1v) is 6.71. The van der Waals surface area contributed by atoms with Crippen LogP contribution in [0.5, 0.6) is 0 Å². The number of hydrogen-bond acceptors (Lipinski definition) is 3. The zero-order valence-corrected chi connectivity index (χ0v) is 11.6. The van der Waals surface area contributed by atoms with E-state index < -0.39 is 0 Å². The molecule has 0 amide bonds. The lowest BCUT2D eigenvalue weighted by Gasteiger charge is -2.31. The fourth-order valence-electron chi connectivity index (χ4n) is 2.90. The van der Waals surface area contributed by atoms with E-state index in [2.05, 4.69) is 43.0 Å². The van der Waals surface area contributed by atoms with E-state index in [0.717, 1.165) is 19.5 Å². The van der Waals surface area contributed by atoms with Gasteiger partial charge in [-0.2, -0.15) is 0 Å². The summed E-state index contributed by atoms with van der Waals surface area (Å²) in [5.74, 6) is 0. The van der Waals surface area contributed by atoms with Crippen LogP contribution in [0, 0.1) is 6.92 Å². The van der Waals surface area contributed by atoms with Gasteiger partial charge in [0.05, 0.1) is 6.10 Å². The van der Waals surface area contributed by atoms with E-state index in [1.165, 1.54) is 11.1 Å². The second-order valence-electron chi connectivity index (χ2n) is 5.36. The number of methoxy groups -OCH3 is 1. The minimum atomic E-state index is 0.127.